The van der Waals surface area contributed by atoms with Crippen molar-refractivity contribution in [3.8, 4) is 0 Å². The first-order valence-corrected chi connectivity index (χ1v) is 7.19. The van der Waals surface area contributed by atoms with E-state index in [0.717, 1.165) is 37.4 Å². The fourth-order valence-electron chi connectivity index (χ4n) is 2.72. The van der Waals surface area contributed by atoms with Gasteiger partial charge in [0.25, 0.3) is 5.91 Å². The molecule has 0 unspecified atom stereocenters. The molecule has 0 bridgehead atoms. The van der Waals surface area contributed by atoms with Gasteiger partial charge in [0.15, 0.2) is 0 Å². The first-order chi connectivity index (χ1) is 10.2. The average Bonchev–Trinajstić information content (AvgIpc) is 2.56. The number of amides is 1. The summed E-state index contributed by atoms with van der Waals surface area (Å²) in [6.45, 7) is 3.15. The maximum Gasteiger partial charge on any atom is 0.254 e. The van der Waals surface area contributed by atoms with Gasteiger partial charge in [-0.2, -0.15) is 0 Å². The van der Waals surface area contributed by atoms with Gasteiger partial charge < -0.3 is 17.3 Å². The Kier molecular flexibility index (Phi) is 5.52. The second kappa shape index (κ2) is 7.38. The molecule has 0 aromatic heterocycles. The number of benzene rings is 2. The minimum absolute atomic E-state index is 0. The zero-order chi connectivity index (χ0) is 14.7. The first-order valence-electron chi connectivity index (χ1n) is 7.19. The molecule has 0 spiro atoms. The van der Waals surface area contributed by atoms with Crippen molar-refractivity contribution < 1.29 is 26.5 Å². The molecule has 1 amide bonds. The quantitative estimate of drug-likeness (QED) is 0.716. The standard InChI is InChI=1S/C17H17FN2O.ClH/c18-15-6-8-16(9-7-15)19-10-12-20(13-11-19)17(21)14-4-2-1-3-5-14;/h1-9H,10-13H2;1H. The number of quaternary nitrogens is 1. The highest BCUT2D eigenvalue weighted by atomic mass is 35.5. The second-order valence-electron chi connectivity index (χ2n) is 5.27. The van der Waals surface area contributed by atoms with Crippen LogP contribution in [0.25, 0.3) is 0 Å². The van der Waals surface area contributed by atoms with Gasteiger partial charge in [-0.05, 0) is 24.3 Å². The number of carbonyl (C=O) groups excluding carboxylic acids is 1. The van der Waals surface area contributed by atoms with Crippen LogP contribution in [-0.2, 0) is 0 Å². The molecule has 0 aliphatic carbocycles. The molecule has 5 heteroatoms. The molecule has 1 fully saturated rings. The molecule has 0 radical (unpaired) electrons. The van der Waals surface area contributed by atoms with E-state index in [2.05, 4.69) is 0 Å². The van der Waals surface area contributed by atoms with Crippen LogP contribution in [-0.4, -0.2) is 37.0 Å². The van der Waals surface area contributed by atoms with Crippen molar-refractivity contribution in [3.63, 3.8) is 0 Å². The van der Waals surface area contributed by atoms with E-state index in [1.54, 1.807) is 0 Å². The molecule has 0 saturated carbocycles. The van der Waals surface area contributed by atoms with Crippen LogP contribution in [0.4, 0.5) is 10.1 Å². The lowest BCUT2D eigenvalue weighted by molar-refractivity contribution is -0.837. The van der Waals surface area contributed by atoms with Crippen LogP contribution in [0, 0.1) is 5.82 Å². The highest BCUT2D eigenvalue weighted by molar-refractivity contribution is 5.94. The second-order valence-corrected chi connectivity index (χ2v) is 5.27. The van der Waals surface area contributed by atoms with Gasteiger partial charge in [-0.25, -0.2) is 4.39 Å². The molecule has 1 saturated heterocycles. The summed E-state index contributed by atoms with van der Waals surface area (Å²) in [6, 6.07) is 16.0. The molecule has 3 nitrogen and oxygen atoms in total. The maximum atomic E-state index is 12.9. The highest BCUT2D eigenvalue weighted by Crippen LogP contribution is 2.07. The average molecular weight is 321 g/mol. The van der Waals surface area contributed by atoms with Gasteiger partial charge in [0.1, 0.15) is 11.5 Å². The Morgan fingerprint density at radius 1 is 0.955 bits per heavy atom. The number of nitrogens with zero attached hydrogens (tertiary/aromatic N) is 1. The summed E-state index contributed by atoms with van der Waals surface area (Å²) in [7, 11) is 0. The van der Waals surface area contributed by atoms with Crippen LogP contribution < -0.4 is 17.3 Å². The summed E-state index contributed by atoms with van der Waals surface area (Å²) in [5.74, 6) is -0.121. The Bertz CT molecular complexity index is 610. The zero-order valence-corrected chi connectivity index (χ0v) is 12.9. The van der Waals surface area contributed by atoms with Crippen molar-refractivity contribution in [2.24, 2.45) is 0 Å². The molecule has 2 aromatic rings. The Labute approximate surface area is 135 Å². The molecule has 116 valence electrons. The predicted octanol–water partition coefficient (Wildman–Crippen LogP) is -1.50. The van der Waals surface area contributed by atoms with Crippen LogP contribution in [0.1, 0.15) is 10.4 Å². The minimum atomic E-state index is -0.212. The maximum absolute atomic E-state index is 12.9. The number of nitrogens with one attached hydrogen (secondary N) is 1. The van der Waals surface area contributed by atoms with Crippen molar-refractivity contribution in [1.82, 2.24) is 4.90 Å². The van der Waals surface area contributed by atoms with Crippen molar-refractivity contribution in [1.29, 1.82) is 0 Å². The lowest BCUT2D eigenvalue weighted by Gasteiger charge is -2.32. The van der Waals surface area contributed by atoms with Crippen LogP contribution in [0.15, 0.2) is 54.6 Å². The number of carbonyl (C=O) groups is 1. The summed E-state index contributed by atoms with van der Waals surface area (Å²) in [5.41, 5.74) is 1.82. The predicted molar refractivity (Wildman–Crippen MR) is 79.1 cm³/mol. The molecule has 1 heterocycles. The van der Waals surface area contributed by atoms with Crippen molar-refractivity contribution >= 4 is 11.6 Å². The number of piperazine rings is 1. The topological polar surface area (TPSA) is 24.8 Å². The molecule has 3 rings (SSSR count). The smallest absolute Gasteiger partial charge is 0.254 e. The number of rotatable bonds is 2. The van der Waals surface area contributed by atoms with Crippen LogP contribution in [0.2, 0.25) is 0 Å². The molecule has 2 aromatic carbocycles. The number of halogens is 2. The van der Waals surface area contributed by atoms with E-state index in [1.165, 1.54) is 17.0 Å². The van der Waals surface area contributed by atoms with Crippen LogP contribution in [0.3, 0.4) is 0 Å². The fourth-order valence-corrected chi connectivity index (χ4v) is 2.72. The largest absolute Gasteiger partial charge is 1.00 e. The molecule has 22 heavy (non-hydrogen) atoms. The lowest BCUT2D eigenvalue weighted by atomic mass is 10.1. The Morgan fingerprint density at radius 2 is 1.55 bits per heavy atom. The summed E-state index contributed by atoms with van der Waals surface area (Å²) in [4.78, 5) is 15.5. The normalized spacial score (nSPS) is 15.2. The van der Waals surface area contributed by atoms with Gasteiger partial charge >= 0.3 is 0 Å². The third kappa shape index (κ3) is 3.64. The van der Waals surface area contributed by atoms with Gasteiger partial charge in [-0.3, -0.25) is 9.69 Å². The number of hydrogen-bond acceptors (Lipinski definition) is 1. The summed E-state index contributed by atoms with van der Waals surface area (Å²) in [5, 5.41) is 0. The minimum Gasteiger partial charge on any atom is -1.00 e. The van der Waals surface area contributed by atoms with Crippen molar-refractivity contribution in [3.05, 3.63) is 66.0 Å². The van der Waals surface area contributed by atoms with Crippen molar-refractivity contribution in [2.75, 3.05) is 26.2 Å². The van der Waals surface area contributed by atoms with E-state index < -0.39 is 0 Å². The molecule has 1 N–H and O–H groups in total. The molecule has 0 atom stereocenters. The van der Waals surface area contributed by atoms with Gasteiger partial charge in [-0.15, -0.1) is 0 Å². The van der Waals surface area contributed by atoms with E-state index >= 15 is 0 Å². The molecular formula is C17H18ClFN2O. The third-order valence-corrected chi connectivity index (χ3v) is 3.93. The highest BCUT2D eigenvalue weighted by Gasteiger charge is 2.25. The third-order valence-electron chi connectivity index (χ3n) is 3.93. The van der Waals surface area contributed by atoms with Crippen molar-refractivity contribution in [2.45, 2.75) is 0 Å². The van der Waals surface area contributed by atoms with Crippen LogP contribution >= 0.6 is 0 Å². The summed E-state index contributed by atoms with van der Waals surface area (Å²) >= 11 is 0. The Balaban J connectivity index is 0.00000176. The molecule has 1 aliphatic heterocycles. The van der Waals surface area contributed by atoms with E-state index in [9.17, 15) is 9.18 Å². The Morgan fingerprint density at radius 3 is 2.14 bits per heavy atom. The molecular weight excluding hydrogens is 303 g/mol. The monoisotopic (exact) mass is 320 g/mol. The van der Waals surface area contributed by atoms with E-state index in [-0.39, 0.29) is 24.1 Å². The lowest BCUT2D eigenvalue weighted by Crippen LogP contribution is -3.10. The fraction of sp³-hybridized carbons (Fsp3) is 0.235. The molecule has 1 aliphatic rings. The van der Waals surface area contributed by atoms with Gasteiger partial charge in [0.2, 0.25) is 0 Å². The van der Waals surface area contributed by atoms with Gasteiger partial charge in [0, 0.05) is 17.7 Å². The van der Waals surface area contributed by atoms with Gasteiger partial charge in [0.05, 0.1) is 26.2 Å². The van der Waals surface area contributed by atoms with Gasteiger partial charge in [-0.1, -0.05) is 18.2 Å². The number of hydrogen-bond donors (Lipinski definition) is 1. The van der Waals surface area contributed by atoms with E-state index in [4.69, 9.17) is 0 Å². The summed E-state index contributed by atoms with van der Waals surface area (Å²) in [6.07, 6.45) is 0. The van der Waals surface area contributed by atoms with E-state index in [0.29, 0.717) is 0 Å². The Hall–Kier alpha value is -1.91. The first kappa shape index (κ1) is 16.5. The van der Waals surface area contributed by atoms with Crippen LogP contribution in [0.5, 0.6) is 0 Å². The zero-order valence-electron chi connectivity index (χ0n) is 12.1. The summed E-state index contributed by atoms with van der Waals surface area (Å²) < 4.78 is 12.9. The SMILES string of the molecule is O=C(c1ccccc1)N1CC[NH+](c2ccc(F)cc2)CC1.[Cl-]. The van der Waals surface area contributed by atoms with E-state index in [1.807, 2.05) is 47.4 Å².